The molecule has 1 unspecified atom stereocenters. The van der Waals surface area contributed by atoms with Gasteiger partial charge in [0.1, 0.15) is 0 Å². The summed E-state index contributed by atoms with van der Waals surface area (Å²) in [6.07, 6.45) is 12.7. The van der Waals surface area contributed by atoms with Crippen LogP contribution < -0.4 is 0 Å². The molecule has 32 heavy (non-hydrogen) atoms. The summed E-state index contributed by atoms with van der Waals surface area (Å²) in [6.45, 7) is 4.83. The Morgan fingerprint density at radius 1 is 0.812 bits per heavy atom. The van der Waals surface area contributed by atoms with Crippen LogP contribution in [0.4, 0.5) is 4.79 Å². The van der Waals surface area contributed by atoms with E-state index in [1.54, 1.807) is 11.1 Å². The lowest BCUT2D eigenvalue weighted by Crippen LogP contribution is -2.09. The summed E-state index contributed by atoms with van der Waals surface area (Å²) >= 11 is 0. The van der Waals surface area contributed by atoms with E-state index in [4.69, 9.17) is 5.11 Å². The fourth-order valence-corrected chi connectivity index (χ4v) is 4.61. The maximum absolute atomic E-state index is 10.6. The van der Waals surface area contributed by atoms with Crippen LogP contribution >= 0.6 is 0 Å². The first-order valence-electron chi connectivity index (χ1n) is 12.7. The maximum atomic E-state index is 10.6. The van der Waals surface area contributed by atoms with Gasteiger partial charge < -0.3 is 9.84 Å². The Morgan fingerprint density at radius 3 is 2.22 bits per heavy atom. The second-order valence-electron chi connectivity index (χ2n) is 8.83. The maximum Gasteiger partial charge on any atom is 0.505 e. The molecule has 1 atom stereocenters. The van der Waals surface area contributed by atoms with E-state index in [1.165, 1.54) is 62.5 Å². The number of aryl methyl sites for hydroxylation is 1. The van der Waals surface area contributed by atoms with E-state index in [1.807, 2.05) is 0 Å². The Hall–Kier alpha value is -2.29. The molecule has 0 spiro atoms. The first-order valence-corrected chi connectivity index (χ1v) is 12.7. The second kappa shape index (κ2) is 15.5. The van der Waals surface area contributed by atoms with Crippen molar-refractivity contribution in [2.45, 2.75) is 96.8 Å². The lowest BCUT2D eigenvalue weighted by molar-refractivity contribution is 0.0899. The van der Waals surface area contributed by atoms with Crippen molar-refractivity contribution in [1.29, 1.82) is 0 Å². The third-order valence-electron chi connectivity index (χ3n) is 6.33. The van der Waals surface area contributed by atoms with Crippen molar-refractivity contribution in [3.05, 3.63) is 70.8 Å². The minimum atomic E-state index is -1.18. The smallest absolute Gasteiger partial charge is 0.450 e. The number of benzene rings is 2. The molecule has 0 aromatic heterocycles. The molecule has 0 radical (unpaired) electrons. The highest BCUT2D eigenvalue weighted by Gasteiger charge is 2.19. The van der Waals surface area contributed by atoms with Crippen molar-refractivity contribution in [2.75, 3.05) is 6.61 Å². The number of carbonyl (C=O) groups is 1. The van der Waals surface area contributed by atoms with Gasteiger partial charge in [-0.3, -0.25) is 0 Å². The normalized spacial score (nSPS) is 11.9. The molecule has 0 saturated heterocycles. The molecule has 0 aliphatic heterocycles. The zero-order valence-electron chi connectivity index (χ0n) is 20.2. The molecule has 0 saturated carbocycles. The van der Waals surface area contributed by atoms with Gasteiger partial charge in [-0.1, -0.05) is 101 Å². The van der Waals surface area contributed by atoms with Crippen LogP contribution in [-0.4, -0.2) is 17.9 Å². The van der Waals surface area contributed by atoms with E-state index in [9.17, 15) is 4.79 Å². The van der Waals surface area contributed by atoms with Crippen molar-refractivity contribution in [1.82, 2.24) is 0 Å². The lowest BCUT2D eigenvalue weighted by atomic mass is 9.81. The highest BCUT2D eigenvalue weighted by atomic mass is 16.7. The predicted octanol–water partition coefficient (Wildman–Crippen LogP) is 8.54. The fraction of sp³-hybridized carbons (Fsp3) is 0.552. The molecule has 0 fully saturated rings. The van der Waals surface area contributed by atoms with Crippen LogP contribution in [0.25, 0.3) is 0 Å². The second-order valence-corrected chi connectivity index (χ2v) is 8.83. The summed E-state index contributed by atoms with van der Waals surface area (Å²) in [7, 11) is 0. The third kappa shape index (κ3) is 9.06. The molecule has 0 amide bonds. The van der Waals surface area contributed by atoms with Gasteiger partial charge in [-0.15, -0.1) is 0 Å². The SMILES string of the molecule is CCCCCc1cccc(C(CCCCCOC(=O)O)c2ccccc2)c1CCCCC. The summed E-state index contributed by atoms with van der Waals surface area (Å²) in [5.41, 5.74) is 6.02. The molecule has 176 valence electrons. The quantitative estimate of drug-likeness (QED) is 0.211. The molecular weight excluding hydrogens is 396 g/mol. The molecule has 0 aliphatic carbocycles. The molecule has 2 rings (SSSR count). The average molecular weight is 439 g/mol. The largest absolute Gasteiger partial charge is 0.505 e. The van der Waals surface area contributed by atoms with Gasteiger partial charge in [-0.05, 0) is 60.8 Å². The van der Waals surface area contributed by atoms with Crippen molar-refractivity contribution in [2.24, 2.45) is 0 Å². The number of ether oxygens (including phenoxy) is 1. The summed E-state index contributed by atoms with van der Waals surface area (Å²) in [5.74, 6) is 0.388. The number of unbranched alkanes of at least 4 members (excludes halogenated alkanes) is 6. The minimum Gasteiger partial charge on any atom is -0.450 e. The summed E-state index contributed by atoms with van der Waals surface area (Å²) in [6, 6.07) is 17.9. The van der Waals surface area contributed by atoms with Gasteiger partial charge in [0.25, 0.3) is 0 Å². The van der Waals surface area contributed by atoms with Crippen molar-refractivity contribution in [3.63, 3.8) is 0 Å². The van der Waals surface area contributed by atoms with E-state index in [0.717, 1.165) is 25.7 Å². The monoisotopic (exact) mass is 438 g/mol. The number of hydrogen-bond acceptors (Lipinski definition) is 2. The number of hydrogen-bond donors (Lipinski definition) is 1. The van der Waals surface area contributed by atoms with Gasteiger partial charge in [0.05, 0.1) is 6.61 Å². The van der Waals surface area contributed by atoms with Gasteiger partial charge in [0, 0.05) is 5.92 Å². The van der Waals surface area contributed by atoms with E-state index in [2.05, 4.69) is 67.1 Å². The highest BCUT2D eigenvalue weighted by Crippen LogP contribution is 2.35. The molecule has 3 nitrogen and oxygen atoms in total. The highest BCUT2D eigenvalue weighted by molar-refractivity contribution is 5.56. The Bertz CT molecular complexity index is 769. The van der Waals surface area contributed by atoms with Crippen molar-refractivity contribution >= 4 is 6.16 Å². The zero-order chi connectivity index (χ0) is 23.0. The van der Waals surface area contributed by atoms with Crippen LogP contribution in [0.3, 0.4) is 0 Å². The van der Waals surface area contributed by atoms with E-state index >= 15 is 0 Å². The van der Waals surface area contributed by atoms with Gasteiger partial charge in [0.15, 0.2) is 0 Å². The Labute approximate surface area is 195 Å². The molecule has 3 heteroatoms. The molecule has 2 aromatic carbocycles. The summed E-state index contributed by atoms with van der Waals surface area (Å²) in [4.78, 5) is 10.6. The molecule has 2 aromatic rings. The Morgan fingerprint density at radius 2 is 1.53 bits per heavy atom. The summed E-state index contributed by atoms with van der Waals surface area (Å²) < 4.78 is 4.67. The van der Waals surface area contributed by atoms with Gasteiger partial charge >= 0.3 is 6.16 Å². The van der Waals surface area contributed by atoms with Crippen LogP contribution in [-0.2, 0) is 17.6 Å². The Kier molecular flexibility index (Phi) is 12.6. The predicted molar refractivity (Wildman–Crippen MR) is 134 cm³/mol. The Balaban J connectivity index is 2.23. The molecular formula is C29H42O3. The van der Waals surface area contributed by atoms with Crippen molar-refractivity contribution < 1.29 is 14.6 Å². The van der Waals surface area contributed by atoms with Gasteiger partial charge in [-0.25, -0.2) is 4.79 Å². The molecule has 1 N–H and O–H groups in total. The van der Waals surface area contributed by atoms with Crippen LogP contribution in [0, 0.1) is 0 Å². The van der Waals surface area contributed by atoms with Crippen LogP contribution in [0.2, 0.25) is 0 Å². The van der Waals surface area contributed by atoms with Crippen LogP contribution in [0.15, 0.2) is 48.5 Å². The molecule has 0 aliphatic rings. The van der Waals surface area contributed by atoms with Crippen LogP contribution in [0.1, 0.15) is 106 Å². The van der Waals surface area contributed by atoms with Crippen LogP contribution in [0.5, 0.6) is 0 Å². The first kappa shape index (κ1) is 26.0. The zero-order valence-corrected chi connectivity index (χ0v) is 20.2. The minimum absolute atomic E-state index is 0.292. The molecule has 0 bridgehead atoms. The van der Waals surface area contributed by atoms with Crippen molar-refractivity contribution in [3.8, 4) is 0 Å². The van der Waals surface area contributed by atoms with E-state index in [0.29, 0.717) is 12.5 Å². The average Bonchev–Trinajstić information content (AvgIpc) is 2.80. The fourth-order valence-electron chi connectivity index (χ4n) is 4.61. The summed E-state index contributed by atoms with van der Waals surface area (Å²) in [5, 5.41) is 8.66. The van der Waals surface area contributed by atoms with Gasteiger partial charge in [0.2, 0.25) is 0 Å². The number of carboxylic acid groups (broad SMARTS) is 1. The first-order chi connectivity index (χ1) is 15.7. The number of rotatable bonds is 16. The standard InChI is InChI=1S/C29H42O3/c1-3-5-9-16-25-19-15-22-28(26(25)20-10-6-4-2)27(24-17-11-7-12-18-24)21-13-8-14-23-32-29(30)31/h7,11-12,15,17-19,22,27H,3-6,8-10,13-14,16,20-21,23H2,1-2H3,(H,30,31). The third-order valence-corrected chi connectivity index (χ3v) is 6.33. The topological polar surface area (TPSA) is 46.5 Å². The van der Waals surface area contributed by atoms with Gasteiger partial charge in [-0.2, -0.15) is 0 Å². The molecule has 0 heterocycles. The lowest BCUT2D eigenvalue weighted by Gasteiger charge is -2.24. The van der Waals surface area contributed by atoms with E-state index in [-0.39, 0.29) is 0 Å². The van der Waals surface area contributed by atoms with E-state index < -0.39 is 6.16 Å².